The number of benzene rings is 2. The number of ether oxygens (including phenoxy) is 2. The fourth-order valence-electron chi connectivity index (χ4n) is 3.79. The van der Waals surface area contributed by atoms with Gasteiger partial charge in [0.15, 0.2) is 11.5 Å². The number of anilines is 1. The molecule has 5 rings (SSSR count). The van der Waals surface area contributed by atoms with Crippen LogP contribution in [0, 0.1) is 0 Å². The van der Waals surface area contributed by atoms with Gasteiger partial charge in [0.1, 0.15) is 11.6 Å². The van der Waals surface area contributed by atoms with Gasteiger partial charge >= 0.3 is 0 Å². The molecule has 1 atom stereocenters. The van der Waals surface area contributed by atoms with E-state index in [-0.39, 0.29) is 18.6 Å². The molecule has 7 heteroatoms. The minimum atomic E-state index is -0.374. The second-order valence-electron chi connectivity index (χ2n) is 7.19. The van der Waals surface area contributed by atoms with Crippen molar-refractivity contribution in [3.63, 3.8) is 0 Å². The molecule has 1 saturated heterocycles. The first kappa shape index (κ1) is 18.1. The number of pyridine rings is 1. The molecule has 0 amide bonds. The van der Waals surface area contributed by atoms with Crippen molar-refractivity contribution in [1.82, 2.24) is 4.98 Å². The summed E-state index contributed by atoms with van der Waals surface area (Å²) in [4.78, 5) is 6.81. The van der Waals surface area contributed by atoms with Gasteiger partial charge in [0.2, 0.25) is 6.79 Å². The van der Waals surface area contributed by atoms with Crippen LogP contribution in [-0.4, -0.2) is 41.2 Å². The maximum absolute atomic E-state index is 10.4. The minimum Gasteiger partial charge on any atom is -0.507 e. The lowest BCUT2D eigenvalue weighted by atomic mass is 10.0. The maximum atomic E-state index is 10.4. The van der Waals surface area contributed by atoms with Crippen LogP contribution >= 0.6 is 11.6 Å². The van der Waals surface area contributed by atoms with Gasteiger partial charge in [-0.25, -0.2) is 4.98 Å². The van der Waals surface area contributed by atoms with E-state index in [0.717, 1.165) is 16.9 Å². The van der Waals surface area contributed by atoms with Crippen molar-refractivity contribution in [3.8, 4) is 39.6 Å². The van der Waals surface area contributed by atoms with Gasteiger partial charge < -0.3 is 24.6 Å². The number of halogens is 1. The third kappa shape index (κ3) is 3.34. The van der Waals surface area contributed by atoms with Gasteiger partial charge in [0, 0.05) is 29.2 Å². The number of β-amino-alcohol motifs (C(OH)–C–C–N with tert-alkyl or cyclic N) is 1. The molecule has 2 aromatic carbocycles. The highest BCUT2D eigenvalue weighted by Gasteiger charge is 2.24. The van der Waals surface area contributed by atoms with Crippen molar-refractivity contribution < 1.29 is 19.7 Å². The molecule has 6 nitrogen and oxygen atoms in total. The van der Waals surface area contributed by atoms with Crippen LogP contribution in [0.2, 0.25) is 5.02 Å². The number of aliphatic hydroxyl groups excluding tert-OH is 1. The predicted octanol–water partition coefficient (Wildman–Crippen LogP) is 4.07. The number of hydrogen-bond donors (Lipinski definition) is 2. The van der Waals surface area contributed by atoms with Gasteiger partial charge in [-0.05, 0) is 48.4 Å². The number of phenols is 1. The lowest BCUT2D eigenvalue weighted by molar-refractivity contribution is 0.174. The topological polar surface area (TPSA) is 75.0 Å². The third-order valence-corrected chi connectivity index (χ3v) is 5.48. The van der Waals surface area contributed by atoms with Gasteiger partial charge in [-0.15, -0.1) is 0 Å². The summed E-state index contributed by atoms with van der Waals surface area (Å²) in [7, 11) is 0. The van der Waals surface area contributed by atoms with Crippen molar-refractivity contribution in [2.75, 3.05) is 24.8 Å². The average molecular weight is 411 g/mol. The summed E-state index contributed by atoms with van der Waals surface area (Å²) in [5.41, 5.74) is 2.90. The van der Waals surface area contributed by atoms with Gasteiger partial charge in [-0.1, -0.05) is 23.7 Å². The van der Waals surface area contributed by atoms with Crippen LogP contribution in [0.4, 0.5) is 5.82 Å². The monoisotopic (exact) mass is 410 g/mol. The molecule has 3 heterocycles. The number of fused-ring (bicyclic) bond motifs is 1. The Balaban J connectivity index is 1.69. The Hall–Kier alpha value is -2.96. The van der Waals surface area contributed by atoms with Gasteiger partial charge in [0.05, 0.1) is 11.8 Å². The number of hydrogen-bond acceptors (Lipinski definition) is 6. The number of aliphatic hydroxyl groups is 1. The SMILES string of the molecule is Oc1ccc(Cl)cc1-c1cc(-c2cccc3c2OCO3)cc(N2CCC(O)C2)n1. The van der Waals surface area contributed by atoms with Crippen LogP contribution < -0.4 is 14.4 Å². The predicted molar refractivity (Wildman–Crippen MR) is 111 cm³/mol. The summed E-state index contributed by atoms with van der Waals surface area (Å²) in [6.45, 7) is 1.42. The fraction of sp³-hybridized carbons (Fsp3) is 0.227. The zero-order valence-electron chi connectivity index (χ0n) is 15.5. The van der Waals surface area contributed by atoms with Crippen molar-refractivity contribution in [2.24, 2.45) is 0 Å². The van der Waals surface area contributed by atoms with Gasteiger partial charge in [-0.3, -0.25) is 0 Å². The largest absolute Gasteiger partial charge is 0.507 e. The Kier molecular flexibility index (Phi) is 4.45. The first-order valence-corrected chi connectivity index (χ1v) is 9.79. The van der Waals surface area contributed by atoms with E-state index < -0.39 is 0 Å². The number of nitrogens with zero attached hydrogens (tertiary/aromatic N) is 2. The summed E-state index contributed by atoms with van der Waals surface area (Å²) in [6, 6.07) is 14.5. The van der Waals surface area contributed by atoms with Crippen LogP contribution in [0.3, 0.4) is 0 Å². The number of aromatic nitrogens is 1. The zero-order valence-corrected chi connectivity index (χ0v) is 16.3. The first-order valence-electron chi connectivity index (χ1n) is 9.41. The van der Waals surface area contributed by atoms with E-state index in [9.17, 15) is 10.2 Å². The molecule has 3 aromatic rings. The van der Waals surface area contributed by atoms with E-state index in [2.05, 4.69) is 0 Å². The first-order chi connectivity index (χ1) is 14.1. The van der Waals surface area contributed by atoms with E-state index in [1.54, 1.807) is 18.2 Å². The molecular weight excluding hydrogens is 392 g/mol. The van der Waals surface area contributed by atoms with Crippen LogP contribution in [-0.2, 0) is 0 Å². The fourth-order valence-corrected chi connectivity index (χ4v) is 3.96. The smallest absolute Gasteiger partial charge is 0.231 e. The molecule has 0 aliphatic carbocycles. The second-order valence-corrected chi connectivity index (χ2v) is 7.63. The molecule has 148 valence electrons. The van der Waals surface area contributed by atoms with Crippen LogP contribution in [0.25, 0.3) is 22.4 Å². The Morgan fingerprint density at radius 1 is 1.07 bits per heavy atom. The molecule has 0 saturated carbocycles. The van der Waals surface area contributed by atoms with Crippen LogP contribution in [0.5, 0.6) is 17.2 Å². The number of phenolic OH excluding ortho intramolecular Hbond substituents is 1. The Bertz CT molecular complexity index is 1090. The number of para-hydroxylation sites is 1. The second kappa shape index (κ2) is 7.13. The van der Waals surface area contributed by atoms with E-state index in [0.29, 0.717) is 47.3 Å². The summed E-state index contributed by atoms with van der Waals surface area (Å²) in [5.74, 6) is 2.21. The normalized spacial score (nSPS) is 17.7. The minimum absolute atomic E-state index is 0.101. The van der Waals surface area contributed by atoms with Crippen LogP contribution in [0.1, 0.15) is 6.42 Å². The highest BCUT2D eigenvalue weighted by Crippen LogP contribution is 2.43. The highest BCUT2D eigenvalue weighted by molar-refractivity contribution is 6.31. The highest BCUT2D eigenvalue weighted by atomic mass is 35.5. The summed E-state index contributed by atoms with van der Waals surface area (Å²) < 4.78 is 11.2. The Morgan fingerprint density at radius 2 is 1.97 bits per heavy atom. The molecule has 2 aliphatic heterocycles. The lowest BCUT2D eigenvalue weighted by Crippen LogP contribution is -2.22. The summed E-state index contributed by atoms with van der Waals surface area (Å²) >= 11 is 6.17. The molecule has 1 fully saturated rings. The van der Waals surface area contributed by atoms with E-state index in [1.807, 2.05) is 35.2 Å². The molecule has 0 radical (unpaired) electrons. The van der Waals surface area contributed by atoms with E-state index in [4.69, 9.17) is 26.1 Å². The standard InChI is InChI=1S/C22H19ClN2O4/c23-14-4-5-19(27)17(10-14)18-8-13(9-21(24-18)25-7-6-15(26)11-25)16-2-1-3-20-22(16)29-12-28-20/h1-5,8-10,15,26-27H,6-7,11-12H2. The average Bonchev–Trinajstić information content (AvgIpc) is 3.38. The van der Waals surface area contributed by atoms with E-state index >= 15 is 0 Å². The summed E-state index contributed by atoms with van der Waals surface area (Å²) in [5, 5.41) is 20.9. The number of aromatic hydroxyl groups is 1. The van der Waals surface area contributed by atoms with Crippen molar-refractivity contribution in [1.29, 1.82) is 0 Å². The molecular formula is C22H19ClN2O4. The van der Waals surface area contributed by atoms with Crippen molar-refractivity contribution >= 4 is 17.4 Å². The molecule has 0 bridgehead atoms. The molecule has 2 aliphatic rings. The quantitative estimate of drug-likeness (QED) is 0.677. The molecule has 2 N–H and O–H groups in total. The van der Waals surface area contributed by atoms with Crippen molar-refractivity contribution in [2.45, 2.75) is 12.5 Å². The van der Waals surface area contributed by atoms with Gasteiger partial charge in [0.25, 0.3) is 0 Å². The van der Waals surface area contributed by atoms with Crippen LogP contribution in [0.15, 0.2) is 48.5 Å². The molecule has 29 heavy (non-hydrogen) atoms. The molecule has 1 aromatic heterocycles. The molecule has 1 unspecified atom stereocenters. The number of rotatable bonds is 3. The molecule has 0 spiro atoms. The lowest BCUT2D eigenvalue weighted by Gasteiger charge is -2.20. The summed E-state index contributed by atoms with van der Waals surface area (Å²) in [6.07, 6.45) is 0.322. The van der Waals surface area contributed by atoms with Crippen molar-refractivity contribution in [3.05, 3.63) is 53.6 Å². The maximum Gasteiger partial charge on any atom is 0.231 e. The van der Waals surface area contributed by atoms with E-state index in [1.165, 1.54) is 0 Å². The Labute approximate surface area is 172 Å². The van der Waals surface area contributed by atoms with Gasteiger partial charge in [-0.2, -0.15) is 0 Å². The Morgan fingerprint density at radius 3 is 2.79 bits per heavy atom. The third-order valence-electron chi connectivity index (χ3n) is 5.24. The zero-order chi connectivity index (χ0) is 20.0.